The lowest BCUT2D eigenvalue weighted by atomic mass is 10.2. The molecule has 3 heterocycles. The van der Waals surface area contributed by atoms with Gasteiger partial charge in [0.2, 0.25) is 5.95 Å². The molecule has 0 bridgehead atoms. The Kier molecular flexibility index (Phi) is 15.1. The summed E-state index contributed by atoms with van der Waals surface area (Å²) in [6.45, 7) is 14.5. The zero-order valence-electron chi connectivity index (χ0n) is 30.7. The van der Waals surface area contributed by atoms with E-state index in [9.17, 15) is 22.8 Å². The monoisotopic (exact) mass is 778 g/mol. The van der Waals surface area contributed by atoms with Gasteiger partial charge in [-0.2, -0.15) is 18.2 Å². The van der Waals surface area contributed by atoms with Crippen LogP contribution in [-0.2, 0) is 28.2 Å². The van der Waals surface area contributed by atoms with E-state index in [0.29, 0.717) is 24.2 Å². The number of H-pyrrole nitrogens is 1. The number of carbonyl (C=O) groups excluding carboxylic acids is 1. The van der Waals surface area contributed by atoms with Gasteiger partial charge in [-0.25, -0.2) is 4.99 Å². The molecule has 1 saturated heterocycles. The quantitative estimate of drug-likeness (QED) is 0.0430. The van der Waals surface area contributed by atoms with Gasteiger partial charge in [-0.3, -0.25) is 14.6 Å². The average Bonchev–Trinajstić information content (AvgIpc) is 3.60. The number of fused-ring (bicyclic) bond motifs is 1. The fourth-order valence-electron chi connectivity index (χ4n) is 4.41. The van der Waals surface area contributed by atoms with Crippen molar-refractivity contribution in [3.63, 3.8) is 0 Å². The summed E-state index contributed by atoms with van der Waals surface area (Å²) < 4.78 is 68.4. The van der Waals surface area contributed by atoms with Gasteiger partial charge in [-0.05, 0) is 32.0 Å². The van der Waals surface area contributed by atoms with Gasteiger partial charge >= 0.3 is 12.1 Å². The standard InChI is InChI=1S/C32H49F3N6O7S2Si/c1-30(2,3)51(9,10)47-16-23-22(46-19-44-8)14-24(48-23)41-15-21(25-26(41)38-29(39-27(25)42)37-18-40(6)7)12-11-13-45-20-49-50-31(4,5)17-36-28(43)32(33,34)35/h15,18,22-24H,13-14,16-17,19-20H2,1-10H3,(H,36,43)(H,38,39,42)/b37-18-/t22?,23-,24-/m1/s1. The van der Waals surface area contributed by atoms with Gasteiger partial charge in [0, 0.05) is 45.1 Å². The molecule has 0 spiro atoms. The number of methoxy groups -OCH3 is 1. The number of rotatable bonds is 16. The van der Waals surface area contributed by atoms with E-state index in [2.05, 4.69) is 60.7 Å². The predicted octanol–water partition coefficient (Wildman–Crippen LogP) is 5.41. The Morgan fingerprint density at radius 2 is 1.98 bits per heavy atom. The first-order valence-corrected chi connectivity index (χ1v) is 21.4. The third-order valence-corrected chi connectivity index (χ3v) is 15.6. The van der Waals surface area contributed by atoms with Gasteiger partial charge in [0.15, 0.2) is 14.0 Å². The van der Waals surface area contributed by atoms with E-state index in [1.165, 1.54) is 27.9 Å². The molecule has 3 atom stereocenters. The molecule has 1 aliphatic rings. The molecule has 19 heteroatoms. The van der Waals surface area contributed by atoms with Crippen LogP contribution in [0.1, 0.15) is 52.8 Å². The lowest BCUT2D eigenvalue weighted by molar-refractivity contribution is -0.173. The third kappa shape index (κ3) is 12.5. The van der Waals surface area contributed by atoms with Crippen molar-refractivity contribution in [1.82, 2.24) is 24.8 Å². The van der Waals surface area contributed by atoms with Crippen LogP contribution in [0.2, 0.25) is 18.1 Å². The highest BCUT2D eigenvalue weighted by Crippen LogP contribution is 2.39. The molecule has 1 fully saturated rings. The van der Waals surface area contributed by atoms with Gasteiger partial charge < -0.3 is 38.2 Å². The van der Waals surface area contributed by atoms with Crippen LogP contribution in [0.3, 0.4) is 0 Å². The molecule has 286 valence electrons. The maximum atomic E-state index is 13.4. The Labute approximate surface area is 305 Å². The summed E-state index contributed by atoms with van der Waals surface area (Å²) in [4.78, 5) is 37.9. The Morgan fingerprint density at radius 1 is 1.27 bits per heavy atom. The Balaban J connectivity index is 1.80. The number of alkyl halides is 3. The second-order valence-electron chi connectivity index (χ2n) is 14.2. The SMILES string of the molecule is COCOC1C[C@H](n2cc(C#CCOCSSC(C)(C)CNC(=O)C(F)(F)F)c3c(=O)[nH]c(/N=C\N(C)C)nc32)O[C@@H]1CO[Si](C)(C)C(C)(C)C. The summed E-state index contributed by atoms with van der Waals surface area (Å²) in [5.74, 6) is 4.26. The van der Waals surface area contributed by atoms with Crippen molar-refractivity contribution in [2.24, 2.45) is 4.99 Å². The van der Waals surface area contributed by atoms with E-state index in [1.54, 1.807) is 50.7 Å². The van der Waals surface area contributed by atoms with Crippen molar-refractivity contribution in [1.29, 1.82) is 0 Å². The topological polar surface area (TPSA) is 142 Å². The number of amides is 1. The zero-order chi connectivity index (χ0) is 38.2. The molecule has 0 saturated carbocycles. The summed E-state index contributed by atoms with van der Waals surface area (Å²) in [6, 6.07) is 0. The zero-order valence-corrected chi connectivity index (χ0v) is 33.4. The van der Waals surface area contributed by atoms with Crippen LogP contribution in [0.4, 0.5) is 19.1 Å². The minimum Gasteiger partial charge on any atom is -0.414 e. The fourth-order valence-corrected chi connectivity index (χ4v) is 7.56. The van der Waals surface area contributed by atoms with Crippen LogP contribution in [0.15, 0.2) is 16.0 Å². The van der Waals surface area contributed by atoms with Crippen LogP contribution in [0.5, 0.6) is 0 Å². The van der Waals surface area contributed by atoms with Crippen molar-refractivity contribution < 1.29 is 41.3 Å². The Bertz CT molecular complexity index is 1630. The second-order valence-corrected chi connectivity index (χ2v) is 22.0. The van der Waals surface area contributed by atoms with Gasteiger partial charge in [0.05, 0.1) is 30.0 Å². The highest BCUT2D eigenvalue weighted by Gasteiger charge is 2.43. The number of aliphatic imine (C=N–C) groups is 1. The summed E-state index contributed by atoms with van der Waals surface area (Å²) >= 11 is 0. The normalized spacial score (nSPS) is 18.7. The van der Waals surface area contributed by atoms with Crippen LogP contribution < -0.4 is 10.9 Å². The summed E-state index contributed by atoms with van der Waals surface area (Å²) in [7, 11) is 5.61. The maximum absolute atomic E-state index is 13.4. The number of hydrogen-bond donors (Lipinski definition) is 2. The van der Waals surface area contributed by atoms with E-state index in [0.717, 1.165) is 0 Å². The minimum atomic E-state index is -4.93. The third-order valence-electron chi connectivity index (χ3n) is 8.13. The average molecular weight is 779 g/mol. The molecule has 0 radical (unpaired) electrons. The number of ether oxygens (including phenoxy) is 4. The van der Waals surface area contributed by atoms with Crippen LogP contribution in [0, 0.1) is 11.8 Å². The largest absolute Gasteiger partial charge is 0.471 e. The maximum Gasteiger partial charge on any atom is 0.471 e. The van der Waals surface area contributed by atoms with Gasteiger partial charge in [-0.15, -0.1) is 0 Å². The molecular formula is C32H49F3N6O7S2Si. The predicted molar refractivity (Wildman–Crippen MR) is 197 cm³/mol. The van der Waals surface area contributed by atoms with Crippen molar-refractivity contribution in [3.8, 4) is 11.8 Å². The van der Waals surface area contributed by atoms with Gasteiger partial charge in [-0.1, -0.05) is 54.2 Å². The number of hydrogen-bond acceptors (Lipinski definition) is 11. The van der Waals surface area contributed by atoms with Crippen molar-refractivity contribution in [3.05, 3.63) is 22.1 Å². The highest BCUT2D eigenvalue weighted by atomic mass is 33.1. The second kappa shape index (κ2) is 18.0. The molecular weight excluding hydrogens is 730 g/mol. The van der Waals surface area contributed by atoms with E-state index in [-0.39, 0.29) is 48.4 Å². The first kappa shape index (κ1) is 42.8. The molecule has 3 rings (SSSR count). The first-order chi connectivity index (χ1) is 23.6. The van der Waals surface area contributed by atoms with Crippen LogP contribution >= 0.6 is 21.6 Å². The molecule has 1 aliphatic heterocycles. The highest BCUT2D eigenvalue weighted by molar-refractivity contribution is 8.77. The number of halogens is 3. The van der Waals surface area contributed by atoms with Gasteiger partial charge in [0.25, 0.3) is 5.56 Å². The molecule has 0 aliphatic carbocycles. The molecule has 51 heavy (non-hydrogen) atoms. The lowest BCUT2D eigenvalue weighted by Crippen LogP contribution is -2.44. The number of nitrogens with one attached hydrogen (secondary N) is 2. The van der Waals surface area contributed by atoms with Crippen molar-refractivity contribution in [2.75, 3.05) is 53.7 Å². The number of nitrogens with zero attached hydrogens (tertiary/aromatic N) is 4. The van der Waals surface area contributed by atoms with E-state index < -0.39 is 43.0 Å². The summed E-state index contributed by atoms with van der Waals surface area (Å²) in [6.07, 6.45) is -2.57. The van der Waals surface area contributed by atoms with Crippen molar-refractivity contribution >= 4 is 59.1 Å². The Morgan fingerprint density at radius 3 is 2.61 bits per heavy atom. The Hall–Kier alpha value is -2.57. The van der Waals surface area contributed by atoms with E-state index >= 15 is 0 Å². The van der Waals surface area contributed by atoms with Crippen LogP contribution in [0.25, 0.3) is 11.0 Å². The molecule has 1 unspecified atom stereocenters. The van der Waals surface area contributed by atoms with E-state index in [1.807, 2.05) is 5.32 Å². The number of aromatic nitrogens is 3. The summed E-state index contributed by atoms with van der Waals surface area (Å²) in [5, 5.41) is 2.16. The van der Waals surface area contributed by atoms with Crippen LogP contribution in [-0.4, -0.2) is 117 Å². The molecule has 2 aromatic rings. The molecule has 0 aromatic carbocycles. The fraction of sp³-hybridized carbons (Fsp3) is 0.688. The van der Waals surface area contributed by atoms with Crippen molar-refractivity contribution in [2.45, 2.75) is 88.5 Å². The first-order valence-electron chi connectivity index (χ1n) is 16.1. The van der Waals surface area contributed by atoms with E-state index in [4.69, 9.17) is 23.4 Å². The number of aromatic amines is 1. The van der Waals surface area contributed by atoms with Gasteiger partial charge in [0.1, 0.15) is 31.7 Å². The lowest BCUT2D eigenvalue weighted by Gasteiger charge is -2.37. The summed E-state index contributed by atoms with van der Waals surface area (Å²) in [5.41, 5.74) is 0.320. The molecule has 2 aromatic heterocycles. The number of carbonyl (C=O) groups is 1. The smallest absolute Gasteiger partial charge is 0.414 e. The molecule has 2 N–H and O–H groups in total. The molecule has 1 amide bonds. The molecule has 13 nitrogen and oxygen atoms in total. The minimum absolute atomic E-state index is 0.00305.